The number of hydrogen-bond acceptors (Lipinski definition) is 6. The lowest BCUT2D eigenvalue weighted by Crippen LogP contribution is -2.48. The molecule has 0 atom stereocenters. The van der Waals surface area contributed by atoms with Gasteiger partial charge in [0.2, 0.25) is 5.13 Å². The molecule has 0 unspecified atom stereocenters. The van der Waals surface area contributed by atoms with Gasteiger partial charge in [0, 0.05) is 49.7 Å². The first-order valence-electron chi connectivity index (χ1n) is 9.69. The number of hydrogen-bond donors (Lipinski definition) is 0. The summed E-state index contributed by atoms with van der Waals surface area (Å²) < 4.78 is 9.75. The molecule has 4 rings (SSSR count). The highest BCUT2D eigenvalue weighted by atomic mass is 32.1. The minimum absolute atomic E-state index is 0.0425. The van der Waals surface area contributed by atoms with Crippen LogP contribution in [0.3, 0.4) is 0 Å². The molecular formula is C22H24N4O2S. The summed E-state index contributed by atoms with van der Waals surface area (Å²) in [4.78, 5) is 21.6. The number of methoxy groups -OCH3 is 1. The fourth-order valence-corrected chi connectivity index (χ4v) is 4.11. The number of carbonyl (C=O) groups excluding carboxylic acids is 1. The first kappa shape index (κ1) is 19.4. The van der Waals surface area contributed by atoms with Crippen molar-refractivity contribution in [1.29, 1.82) is 0 Å². The molecule has 1 saturated heterocycles. The van der Waals surface area contributed by atoms with Crippen molar-refractivity contribution < 1.29 is 9.53 Å². The minimum atomic E-state index is 0.0425. The Morgan fingerprint density at radius 2 is 1.86 bits per heavy atom. The SMILES string of the molecule is COc1cccc(C(=O)N2CCN(c3nc(Cc4ccc(C)cc4)ns3)CC2)c1. The number of benzene rings is 2. The monoisotopic (exact) mass is 408 g/mol. The van der Waals surface area contributed by atoms with E-state index in [0.29, 0.717) is 24.4 Å². The average molecular weight is 409 g/mol. The third-order valence-electron chi connectivity index (χ3n) is 5.09. The number of anilines is 1. The summed E-state index contributed by atoms with van der Waals surface area (Å²) in [5.41, 5.74) is 3.13. The molecule has 0 saturated carbocycles. The van der Waals surface area contributed by atoms with Crippen LogP contribution < -0.4 is 9.64 Å². The maximum absolute atomic E-state index is 12.8. The predicted octanol–water partition coefficient (Wildman–Crippen LogP) is 3.41. The Labute approximate surface area is 174 Å². The molecular weight excluding hydrogens is 384 g/mol. The Balaban J connectivity index is 1.35. The van der Waals surface area contributed by atoms with Gasteiger partial charge in [-0.1, -0.05) is 35.9 Å². The van der Waals surface area contributed by atoms with Gasteiger partial charge in [0.05, 0.1) is 7.11 Å². The van der Waals surface area contributed by atoms with E-state index in [0.717, 1.165) is 30.5 Å². The highest BCUT2D eigenvalue weighted by Crippen LogP contribution is 2.22. The Morgan fingerprint density at radius 3 is 2.59 bits per heavy atom. The lowest BCUT2D eigenvalue weighted by atomic mass is 10.1. The Morgan fingerprint density at radius 1 is 1.10 bits per heavy atom. The van der Waals surface area contributed by atoms with Crippen LogP contribution in [0.4, 0.5) is 5.13 Å². The second-order valence-electron chi connectivity index (χ2n) is 7.17. The maximum atomic E-state index is 12.8. The second kappa shape index (κ2) is 8.61. The Bertz CT molecular complexity index is 978. The van der Waals surface area contributed by atoms with Crippen LogP contribution in [0.1, 0.15) is 27.3 Å². The van der Waals surface area contributed by atoms with Gasteiger partial charge in [0.25, 0.3) is 5.91 Å². The van der Waals surface area contributed by atoms with E-state index in [9.17, 15) is 4.79 Å². The molecule has 1 aromatic heterocycles. The van der Waals surface area contributed by atoms with Gasteiger partial charge in [-0.15, -0.1) is 0 Å². The standard InChI is InChI=1S/C22H24N4O2S/c1-16-6-8-17(9-7-16)14-20-23-22(29-24-20)26-12-10-25(11-13-26)21(27)18-4-3-5-19(15-18)28-2/h3-9,15H,10-14H2,1-2H3. The van der Waals surface area contributed by atoms with Crippen LogP contribution in [-0.2, 0) is 6.42 Å². The van der Waals surface area contributed by atoms with Crippen molar-refractivity contribution in [2.45, 2.75) is 13.3 Å². The fraction of sp³-hybridized carbons (Fsp3) is 0.318. The molecule has 1 aliphatic rings. The minimum Gasteiger partial charge on any atom is -0.497 e. The van der Waals surface area contributed by atoms with Gasteiger partial charge in [0.1, 0.15) is 11.6 Å². The topological polar surface area (TPSA) is 58.6 Å². The van der Waals surface area contributed by atoms with E-state index in [1.165, 1.54) is 22.7 Å². The van der Waals surface area contributed by atoms with E-state index in [4.69, 9.17) is 9.72 Å². The number of rotatable bonds is 5. The number of ether oxygens (including phenoxy) is 1. The molecule has 0 bridgehead atoms. The number of carbonyl (C=O) groups is 1. The van der Waals surface area contributed by atoms with Crippen LogP contribution in [0.25, 0.3) is 0 Å². The van der Waals surface area contributed by atoms with E-state index in [-0.39, 0.29) is 5.91 Å². The summed E-state index contributed by atoms with van der Waals surface area (Å²) in [6, 6.07) is 15.8. The molecule has 0 N–H and O–H groups in total. The Hall–Kier alpha value is -2.93. The van der Waals surface area contributed by atoms with Gasteiger partial charge in [-0.25, -0.2) is 4.98 Å². The lowest BCUT2D eigenvalue weighted by Gasteiger charge is -2.34. The first-order chi connectivity index (χ1) is 14.1. The highest BCUT2D eigenvalue weighted by Gasteiger charge is 2.24. The second-order valence-corrected chi connectivity index (χ2v) is 7.90. The van der Waals surface area contributed by atoms with Crippen LogP contribution in [-0.4, -0.2) is 53.5 Å². The van der Waals surface area contributed by atoms with Gasteiger partial charge in [-0.05, 0) is 30.7 Å². The highest BCUT2D eigenvalue weighted by molar-refractivity contribution is 7.09. The number of piperazine rings is 1. The summed E-state index contributed by atoms with van der Waals surface area (Å²) >= 11 is 1.43. The van der Waals surface area contributed by atoms with E-state index < -0.39 is 0 Å². The summed E-state index contributed by atoms with van der Waals surface area (Å²) in [5, 5.41) is 0.931. The smallest absolute Gasteiger partial charge is 0.254 e. The third kappa shape index (κ3) is 4.56. The largest absolute Gasteiger partial charge is 0.497 e. The molecule has 0 radical (unpaired) electrons. The van der Waals surface area contributed by atoms with E-state index in [1.807, 2.05) is 23.1 Å². The number of aromatic nitrogens is 2. The zero-order valence-electron chi connectivity index (χ0n) is 16.7. The normalized spacial score (nSPS) is 14.1. The third-order valence-corrected chi connectivity index (χ3v) is 5.91. The maximum Gasteiger partial charge on any atom is 0.254 e. The molecule has 29 heavy (non-hydrogen) atoms. The van der Waals surface area contributed by atoms with Crippen LogP contribution in [0.15, 0.2) is 48.5 Å². The van der Waals surface area contributed by atoms with Gasteiger partial charge < -0.3 is 14.5 Å². The van der Waals surface area contributed by atoms with Crippen molar-refractivity contribution in [1.82, 2.24) is 14.3 Å². The first-order valence-corrected chi connectivity index (χ1v) is 10.5. The van der Waals surface area contributed by atoms with Crippen molar-refractivity contribution in [2.75, 3.05) is 38.2 Å². The molecule has 2 aromatic carbocycles. The molecule has 150 valence electrons. The average Bonchev–Trinajstić information content (AvgIpc) is 3.23. The van der Waals surface area contributed by atoms with Crippen molar-refractivity contribution in [3.05, 3.63) is 71.0 Å². The van der Waals surface area contributed by atoms with E-state index in [1.54, 1.807) is 13.2 Å². The predicted molar refractivity (Wildman–Crippen MR) is 115 cm³/mol. The van der Waals surface area contributed by atoms with Crippen molar-refractivity contribution in [3.8, 4) is 5.75 Å². The molecule has 1 aliphatic heterocycles. The quantitative estimate of drug-likeness (QED) is 0.648. The number of aryl methyl sites for hydroxylation is 1. The van der Waals surface area contributed by atoms with Crippen molar-refractivity contribution in [2.24, 2.45) is 0 Å². The number of nitrogens with zero attached hydrogens (tertiary/aromatic N) is 4. The number of amides is 1. The molecule has 6 nitrogen and oxygen atoms in total. The Kier molecular flexibility index (Phi) is 5.76. The molecule has 0 spiro atoms. The zero-order chi connectivity index (χ0) is 20.2. The van der Waals surface area contributed by atoms with Gasteiger partial charge in [0.15, 0.2) is 0 Å². The molecule has 3 aromatic rings. The van der Waals surface area contributed by atoms with Crippen molar-refractivity contribution >= 4 is 22.6 Å². The molecule has 1 fully saturated rings. The zero-order valence-corrected chi connectivity index (χ0v) is 17.5. The van der Waals surface area contributed by atoms with Gasteiger partial charge >= 0.3 is 0 Å². The fourth-order valence-electron chi connectivity index (χ4n) is 3.37. The molecule has 7 heteroatoms. The summed E-state index contributed by atoms with van der Waals surface area (Å²) in [5.74, 6) is 1.59. The lowest BCUT2D eigenvalue weighted by molar-refractivity contribution is 0.0746. The van der Waals surface area contributed by atoms with Crippen molar-refractivity contribution in [3.63, 3.8) is 0 Å². The van der Waals surface area contributed by atoms with E-state index >= 15 is 0 Å². The van der Waals surface area contributed by atoms with Crippen LogP contribution >= 0.6 is 11.5 Å². The van der Waals surface area contributed by atoms with Gasteiger partial charge in [-0.2, -0.15) is 4.37 Å². The van der Waals surface area contributed by atoms with Crippen LogP contribution in [0.2, 0.25) is 0 Å². The summed E-state index contributed by atoms with van der Waals surface area (Å²) in [7, 11) is 1.61. The van der Waals surface area contributed by atoms with Gasteiger partial charge in [-0.3, -0.25) is 4.79 Å². The summed E-state index contributed by atoms with van der Waals surface area (Å²) in [6.07, 6.45) is 0.741. The van der Waals surface area contributed by atoms with Crippen LogP contribution in [0, 0.1) is 6.92 Å². The molecule has 2 heterocycles. The summed E-state index contributed by atoms with van der Waals surface area (Å²) in [6.45, 7) is 4.94. The molecule has 0 aliphatic carbocycles. The van der Waals surface area contributed by atoms with E-state index in [2.05, 4.69) is 40.5 Å². The van der Waals surface area contributed by atoms with Crippen LogP contribution in [0.5, 0.6) is 5.75 Å². The molecule has 1 amide bonds.